The Kier molecular flexibility index (Phi) is 5.21. The van der Waals surface area contributed by atoms with Crippen molar-refractivity contribution in [2.75, 3.05) is 13.2 Å². The Morgan fingerprint density at radius 1 is 1.12 bits per heavy atom. The molecule has 126 valence electrons. The van der Waals surface area contributed by atoms with Gasteiger partial charge in [0.2, 0.25) is 0 Å². The van der Waals surface area contributed by atoms with Crippen molar-refractivity contribution in [1.29, 1.82) is 0 Å². The Bertz CT molecular complexity index is 806. The van der Waals surface area contributed by atoms with Crippen molar-refractivity contribution in [2.24, 2.45) is 5.73 Å². The Morgan fingerprint density at radius 3 is 2.75 bits per heavy atom. The van der Waals surface area contributed by atoms with E-state index in [1.165, 1.54) is 27.7 Å². The fourth-order valence-corrected chi connectivity index (χ4v) is 3.26. The Morgan fingerprint density at radius 2 is 1.96 bits per heavy atom. The molecule has 3 heteroatoms. The molecule has 1 atom stereocenters. The number of hydrogen-bond donors (Lipinski definition) is 2. The van der Waals surface area contributed by atoms with Crippen LogP contribution in [0, 0.1) is 6.92 Å². The van der Waals surface area contributed by atoms with Crippen molar-refractivity contribution in [3.8, 4) is 5.75 Å². The molecule has 0 aliphatic rings. The van der Waals surface area contributed by atoms with Gasteiger partial charge in [0.25, 0.3) is 0 Å². The summed E-state index contributed by atoms with van der Waals surface area (Å²) < 4.78 is 5.77. The number of aryl methyl sites for hydroxylation is 1. The monoisotopic (exact) mass is 322 g/mol. The van der Waals surface area contributed by atoms with Gasteiger partial charge in [-0.2, -0.15) is 0 Å². The molecular formula is C21H26N2O. The van der Waals surface area contributed by atoms with E-state index in [2.05, 4.69) is 61.3 Å². The highest BCUT2D eigenvalue weighted by molar-refractivity contribution is 5.84. The largest absolute Gasteiger partial charge is 0.494 e. The maximum atomic E-state index is 6.11. The minimum Gasteiger partial charge on any atom is -0.494 e. The Balaban J connectivity index is 1.87. The van der Waals surface area contributed by atoms with Crippen molar-refractivity contribution in [2.45, 2.75) is 32.6 Å². The number of aromatic amines is 1. The number of H-pyrrole nitrogens is 1. The van der Waals surface area contributed by atoms with E-state index >= 15 is 0 Å². The highest BCUT2D eigenvalue weighted by Crippen LogP contribution is 2.29. The highest BCUT2D eigenvalue weighted by atomic mass is 16.5. The summed E-state index contributed by atoms with van der Waals surface area (Å²) in [4.78, 5) is 3.48. The number of fused-ring (bicyclic) bond motifs is 1. The van der Waals surface area contributed by atoms with E-state index in [9.17, 15) is 0 Å². The van der Waals surface area contributed by atoms with Crippen LogP contribution in [0.1, 0.15) is 36.1 Å². The second-order valence-electron chi connectivity index (χ2n) is 6.33. The molecule has 0 aliphatic carbocycles. The fraction of sp³-hybridized carbons (Fsp3) is 0.333. The van der Waals surface area contributed by atoms with Gasteiger partial charge in [0.05, 0.1) is 6.61 Å². The second-order valence-corrected chi connectivity index (χ2v) is 6.33. The van der Waals surface area contributed by atoms with Crippen molar-refractivity contribution >= 4 is 10.9 Å². The first-order valence-corrected chi connectivity index (χ1v) is 8.72. The van der Waals surface area contributed by atoms with Gasteiger partial charge in [0.15, 0.2) is 0 Å². The highest BCUT2D eigenvalue weighted by Gasteiger charge is 2.16. The number of ether oxygens (including phenoxy) is 1. The predicted octanol–water partition coefficient (Wildman–Crippen LogP) is 4.55. The summed E-state index contributed by atoms with van der Waals surface area (Å²) in [5.41, 5.74) is 11.1. The minimum absolute atomic E-state index is 0.285. The number of nitrogens with two attached hydrogens (primary N) is 1. The predicted molar refractivity (Wildman–Crippen MR) is 101 cm³/mol. The number of aromatic nitrogens is 1. The van der Waals surface area contributed by atoms with Gasteiger partial charge in [-0.05, 0) is 55.6 Å². The zero-order valence-corrected chi connectivity index (χ0v) is 14.5. The average Bonchev–Trinajstić information content (AvgIpc) is 2.93. The van der Waals surface area contributed by atoms with Crippen LogP contribution >= 0.6 is 0 Å². The lowest BCUT2D eigenvalue weighted by molar-refractivity contribution is 0.317. The molecule has 1 aromatic heterocycles. The molecule has 0 saturated heterocycles. The van der Waals surface area contributed by atoms with Crippen molar-refractivity contribution in [1.82, 2.24) is 4.98 Å². The van der Waals surface area contributed by atoms with Gasteiger partial charge in [-0.1, -0.05) is 37.3 Å². The van der Waals surface area contributed by atoms with Crippen LogP contribution in [0.3, 0.4) is 0 Å². The molecule has 2 aromatic carbocycles. The number of rotatable bonds is 7. The molecule has 0 amide bonds. The number of nitrogens with one attached hydrogen (secondary N) is 1. The van der Waals surface area contributed by atoms with E-state index in [4.69, 9.17) is 10.5 Å². The molecule has 0 fully saturated rings. The van der Waals surface area contributed by atoms with E-state index in [0.717, 1.165) is 25.2 Å². The molecule has 0 aliphatic heterocycles. The van der Waals surface area contributed by atoms with Gasteiger partial charge < -0.3 is 15.5 Å². The summed E-state index contributed by atoms with van der Waals surface area (Å²) in [6, 6.07) is 16.8. The number of benzene rings is 2. The molecule has 1 heterocycles. The first kappa shape index (κ1) is 16.6. The third-order valence-corrected chi connectivity index (χ3v) is 4.56. The van der Waals surface area contributed by atoms with E-state index in [-0.39, 0.29) is 5.92 Å². The van der Waals surface area contributed by atoms with Crippen LogP contribution in [0.25, 0.3) is 10.9 Å². The van der Waals surface area contributed by atoms with Crippen LogP contribution in [0.2, 0.25) is 0 Å². The summed E-state index contributed by atoms with van der Waals surface area (Å²) in [6.07, 6.45) is 1.95. The third-order valence-electron chi connectivity index (χ3n) is 4.56. The van der Waals surface area contributed by atoms with Crippen LogP contribution in [0.5, 0.6) is 5.75 Å². The zero-order chi connectivity index (χ0) is 16.9. The van der Waals surface area contributed by atoms with Gasteiger partial charge >= 0.3 is 0 Å². The van der Waals surface area contributed by atoms with Crippen molar-refractivity contribution in [3.63, 3.8) is 0 Å². The molecule has 3 N–H and O–H groups in total. The van der Waals surface area contributed by atoms with Gasteiger partial charge in [-0.15, -0.1) is 0 Å². The number of hydrogen-bond acceptors (Lipinski definition) is 2. The third kappa shape index (κ3) is 3.46. The van der Waals surface area contributed by atoms with Gasteiger partial charge in [0.1, 0.15) is 5.75 Å². The standard InChI is InChI=1S/C21H26N2O/c1-3-11-24-18-8-6-7-16(12-18)17(14-22)13-20-15(2)23-21-10-5-4-9-19(20)21/h4-10,12,17,23H,3,11,13-14,22H2,1-2H3. The van der Waals surface area contributed by atoms with Crippen LogP contribution in [-0.2, 0) is 6.42 Å². The van der Waals surface area contributed by atoms with Crippen molar-refractivity contribution < 1.29 is 4.74 Å². The van der Waals surface area contributed by atoms with E-state index < -0.39 is 0 Å². The normalized spacial score (nSPS) is 12.5. The van der Waals surface area contributed by atoms with Crippen LogP contribution < -0.4 is 10.5 Å². The van der Waals surface area contributed by atoms with Crippen LogP contribution in [0.15, 0.2) is 48.5 Å². The lowest BCUT2D eigenvalue weighted by Gasteiger charge is -2.17. The molecule has 0 bridgehead atoms. The molecule has 24 heavy (non-hydrogen) atoms. The summed E-state index contributed by atoms with van der Waals surface area (Å²) >= 11 is 0. The molecule has 0 saturated carbocycles. The lowest BCUT2D eigenvalue weighted by Crippen LogP contribution is -2.15. The maximum Gasteiger partial charge on any atom is 0.119 e. The molecule has 1 unspecified atom stereocenters. The van der Waals surface area contributed by atoms with Crippen LogP contribution in [-0.4, -0.2) is 18.1 Å². The quantitative estimate of drug-likeness (QED) is 0.670. The summed E-state index contributed by atoms with van der Waals surface area (Å²) in [7, 11) is 0. The molecule has 0 radical (unpaired) electrons. The van der Waals surface area contributed by atoms with E-state index in [0.29, 0.717) is 6.54 Å². The molecule has 3 rings (SSSR count). The summed E-state index contributed by atoms with van der Waals surface area (Å²) in [5.74, 6) is 1.22. The van der Waals surface area contributed by atoms with Gasteiger partial charge in [0, 0.05) is 22.5 Å². The lowest BCUT2D eigenvalue weighted by atomic mass is 9.90. The van der Waals surface area contributed by atoms with Gasteiger partial charge in [-0.25, -0.2) is 0 Å². The topological polar surface area (TPSA) is 51.0 Å². The van der Waals surface area contributed by atoms with E-state index in [1.807, 2.05) is 6.07 Å². The van der Waals surface area contributed by atoms with E-state index in [1.54, 1.807) is 0 Å². The minimum atomic E-state index is 0.285. The molecule has 3 aromatic rings. The Labute approximate surface area is 143 Å². The molecule has 3 nitrogen and oxygen atoms in total. The summed E-state index contributed by atoms with van der Waals surface area (Å²) in [6.45, 7) is 5.63. The molecule has 0 spiro atoms. The zero-order valence-electron chi connectivity index (χ0n) is 14.5. The van der Waals surface area contributed by atoms with Crippen LogP contribution in [0.4, 0.5) is 0 Å². The smallest absolute Gasteiger partial charge is 0.119 e. The second kappa shape index (κ2) is 7.54. The first-order chi connectivity index (χ1) is 11.7. The maximum absolute atomic E-state index is 6.11. The number of para-hydroxylation sites is 1. The first-order valence-electron chi connectivity index (χ1n) is 8.72. The fourth-order valence-electron chi connectivity index (χ4n) is 3.26. The molecular weight excluding hydrogens is 296 g/mol. The van der Waals surface area contributed by atoms with Gasteiger partial charge in [-0.3, -0.25) is 0 Å². The SMILES string of the molecule is CCCOc1cccc(C(CN)Cc2c(C)[nH]c3ccccc23)c1. The Hall–Kier alpha value is -2.26. The van der Waals surface area contributed by atoms with Crippen molar-refractivity contribution in [3.05, 3.63) is 65.4 Å². The average molecular weight is 322 g/mol. The summed E-state index contributed by atoms with van der Waals surface area (Å²) in [5, 5.41) is 1.30.